The molecule has 6 heteroatoms. The molecule has 0 amide bonds. The number of halogens is 1. The summed E-state index contributed by atoms with van der Waals surface area (Å²) in [6.45, 7) is 3.68. The summed E-state index contributed by atoms with van der Waals surface area (Å²) in [4.78, 5) is 9.02. The number of hydrogen-bond acceptors (Lipinski definition) is 5. The van der Waals surface area contributed by atoms with Crippen molar-refractivity contribution in [2.24, 2.45) is 15.9 Å². The molecule has 2 N–H and O–H groups in total. The molecular weight excluding hydrogens is 367 g/mol. The summed E-state index contributed by atoms with van der Waals surface area (Å²) in [5, 5.41) is 14.0. The number of rotatable bonds is 4. The van der Waals surface area contributed by atoms with E-state index in [9.17, 15) is 9.60 Å². The van der Waals surface area contributed by atoms with E-state index >= 15 is 0 Å². The van der Waals surface area contributed by atoms with Crippen LogP contribution in [0.4, 0.5) is 15.8 Å². The van der Waals surface area contributed by atoms with E-state index in [0.29, 0.717) is 23.5 Å². The molecule has 1 unspecified atom stereocenters. The number of anilines is 2. The number of hydroxylamine groups is 1. The molecule has 5 nitrogen and oxygen atoms in total. The molecule has 0 fully saturated rings. The lowest BCUT2D eigenvalue weighted by Gasteiger charge is -2.25. The Labute approximate surface area is 168 Å². The van der Waals surface area contributed by atoms with Gasteiger partial charge in [0, 0.05) is 36.6 Å². The number of benzene rings is 2. The first kappa shape index (κ1) is 18.8. The molecule has 29 heavy (non-hydrogen) atoms. The molecule has 0 aliphatic carbocycles. The smallest absolute Gasteiger partial charge is 0.152 e. The summed E-state index contributed by atoms with van der Waals surface area (Å²) in [7, 11) is 1.56. The summed E-state index contributed by atoms with van der Waals surface area (Å²) in [5.74, 6) is 0.384. The molecule has 2 aliphatic heterocycles. The van der Waals surface area contributed by atoms with Crippen molar-refractivity contribution >= 4 is 34.6 Å². The maximum Gasteiger partial charge on any atom is 0.152 e. The van der Waals surface area contributed by atoms with Crippen LogP contribution in [-0.2, 0) is 0 Å². The minimum atomic E-state index is -0.274. The van der Waals surface area contributed by atoms with Gasteiger partial charge in [0.05, 0.1) is 11.4 Å². The Balaban J connectivity index is 1.61. The van der Waals surface area contributed by atoms with Crippen molar-refractivity contribution in [2.75, 3.05) is 17.4 Å². The van der Waals surface area contributed by atoms with E-state index in [1.165, 1.54) is 6.07 Å². The third kappa shape index (κ3) is 3.88. The van der Waals surface area contributed by atoms with Crippen LogP contribution in [0.15, 0.2) is 77.5 Å². The van der Waals surface area contributed by atoms with Crippen LogP contribution in [0.25, 0.3) is 11.6 Å². The van der Waals surface area contributed by atoms with Gasteiger partial charge in [-0.1, -0.05) is 36.9 Å². The fourth-order valence-electron chi connectivity index (χ4n) is 3.43. The molecule has 2 heterocycles. The molecule has 0 saturated carbocycles. The van der Waals surface area contributed by atoms with Gasteiger partial charge in [-0.05, 0) is 41.8 Å². The topological polar surface area (TPSA) is 60.2 Å². The van der Waals surface area contributed by atoms with E-state index in [1.54, 1.807) is 37.7 Å². The summed E-state index contributed by atoms with van der Waals surface area (Å²) >= 11 is 0. The Morgan fingerprint density at radius 2 is 2.10 bits per heavy atom. The first-order chi connectivity index (χ1) is 14.0. The highest BCUT2D eigenvalue weighted by Crippen LogP contribution is 2.32. The van der Waals surface area contributed by atoms with Crippen LogP contribution in [0.1, 0.15) is 17.5 Å². The SMILES string of the molecule is C=Cc1ccc(C2=CN=C3C(Nc4cccc(N(C)O)c4)=NC=CC3C2)c(F)c1. The van der Waals surface area contributed by atoms with Crippen molar-refractivity contribution in [2.45, 2.75) is 6.42 Å². The van der Waals surface area contributed by atoms with Gasteiger partial charge in [-0.3, -0.25) is 15.3 Å². The Morgan fingerprint density at radius 1 is 1.24 bits per heavy atom. The highest BCUT2D eigenvalue weighted by atomic mass is 19.1. The average molecular weight is 388 g/mol. The highest BCUT2D eigenvalue weighted by Gasteiger charge is 2.27. The summed E-state index contributed by atoms with van der Waals surface area (Å²) in [6.07, 6.45) is 7.70. The predicted octanol–water partition coefficient (Wildman–Crippen LogP) is 5.13. The van der Waals surface area contributed by atoms with Gasteiger partial charge in [-0.15, -0.1) is 0 Å². The van der Waals surface area contributed by atoms with E-state index in [4.69, 9.17) is 0 Å². The number of amidine groups is 1. The minimum Gasteiger partial charge on any atom is -0.339 e. The summed E-state index contributed by atoms with van der Waals surface area (Å²) < 4.78 is 14.5. The number of fused-ring (bicyclic) bond motifs is 1. The average Bonchev–Trinajstić information content (AvgIpc) is 2.73. The zero-order chi connectivity index (χ0) is 20.4. The van der Waals surface area contributed by atoms with Crippen molar-refractivity contribution in [1.29, 1.82) is 0 Å². The maximum absolute atomic E-state index is 14.5. The Bertz CT molecular complexity index is 1080. The lowest BCUT2D eigenvalue weighted by atomic mass is 9.87. The van der Waals surface area contributed by atoms with E-state index in [-0.39, 0.29) is 11.7 Å². The molecule has 2 aliphatic rings. The minimum absolute atomic E-state index is 0.0113. The van der Waals surface area contributed by atoms with Gasteiger partial charge in [0.1, 0.15) is 5.82 Å². The van der Waals surface area contributed by atoms with Gasteiger partial charge < -0.3 is 5.32 Å². The molecule has 0 bridgehead atoms. The highest BCUT2D eigenvalue weighted by molar-refractivity contribution is 6.47. The monoisotopic (exact) mass is 388 g/mol. The maximum atomic E-state index is 14.5. The van der Waals surface area contributed by atoms with Gasteiger partial charge in [0.15, 0.2) is 5.84 Å². The molecular formula is C23H21FN4O. The Morgan fingerprint density at radius 3 is 2.86 bits per heavy atom. The zero-order valence-electron chi connectivity index (χ0n) is 16.0. The quantitative estimate of drug-likeness (QED) is 0.714. The van der Waals surface area contributed by atoms with Crippen LogP contribution < -0.4 is 10.4 Å². The fraction of sp³-hybridized carbons (Fsp3) is 0.130. The van der Waals surface area contributed by atoms with Crippen molar-refractivity contribution in [1.82, 2.24) is 0 Å². The van der Waals surface area contributed by atoms with Crippen molar-refractivity contribution in [3.63, 3.8) is 0 Å². The van der Waals surface area contributed by atoms with Gasteiger partial charge in [-0.2, -0.15) is 0 Å². The van der Waals surface area contributed by atoms with Gasteiger partial charge in [-0.25, -0.2) is 9.38 Å². The van der Waals surface area contributed by atoms with Crippen molar-refractivity contribution in [3.8, 4) is 0 Å². The molecule has 2 aromatic rings. The zero-order valence-corrected chi connectivity index (χ0v) is 16.0. The number of nitrogens with zero attached hydrogens (tertiary/aromatic N) is 3. The van der Waals surface area contributed by atoms with Gasteiger partial charge >= 0.3 is 0 Å². The first-order valence-electron chi connectivity index (χ1n) is 9.29. The van der Waals surface area contributed by atoms with Gasteiger partial charge in [0.25, 0.3) is 0 Å². The fourth-order valence-corrected chi connectivity index (χ4v) is 3.43. The van der Waals surface area contributed by atoms with Crippen molar-refractivity contribution in [3.05, 3.63) is 84.5 Å². The third-order valence-corrected chi connectivity index (χ3v) is 4.97. The molecule has 0 spiro atoms. The molecule has 146 valence electrons. The summed E-state index contributed by atoms with van der Waals surface area (Å²) in [6, 6.07) is 12.5. The lowest BCUT2D eigenvalue weighted by Crippen LogP contribution is -2.32. The van der Waals surface area contributed by atoms with Crippen LogP contribution in [0.2, 0.25) is 0 Å². The molecule has 2 aromatic carbocycles. The van der Waals surface area contributed by atoms with Crippen molar-refractivity contribution < 1.29 is 9.60 Å². The second-order valence-electron chi connectivity index (χ2n) is 6.94. The van der Waals surface area contributed by atoms with Crippen LogP contribution in [0.5, 0.6) is 0 Å². The molecule has 0 saturated heterocycles. The largest absolute Gasteiger partial charge is 0.339 e. The predicted molar refractivity (Wildman–Crippen MR) is 117 cm³/mol. The molecule has 4 rings (SSSR count). The van der Waals surface area contributed by atoms with Crippen LogP contribution >= 0.6 is 0 Å². The first-order valence-corrected chi connectivity index (χ1v) is 9.29. The molecule has 0 aromatic heterocycles. The molecule has 0 radical (unpaired) electrons. The Kier molecular flexibility index (Phi) is 5.10. The number of hydrogen-bond donors (Lipinski definition) is 2. The third-order valence-electron chi connectivity index (χ3n) is 4.97. The molecule has 1 atom stereocenters. The second-order valence-corrected chi connectivity index (χ2v) is 6.94. The van der Waals surface area contributed by atoms with Crippen LogP contribution in [-0.4, -0.2) is 23.8 Å². The van der Waals surface area contributed by atoms with Crippen LogP contribution in [0.3, 0.4) is 0 Å². The number of aliphatic imine (C=N–C) groups is 2. The lowest BCUT2D eigenvalue weighted by molar-refractivity contribution is 0.279. The second kappa shape index (κ2) is 7.85. The van der Waals surface area contributed by atoms with Crippen LogP contribution in [0, 0.1) is 11.7 Å². The van der Waals surface area contributed by atoms with E-state index in [0.717, 1.165) is 27.6 Å². The van der Waals surface area contributed by atoms with Gasteiger partial charge in [0.2, 0.25) is 0 Å². The summed E-state index contributed by atoms with van der Waals surface area (Å²) in [5.41, 5.74) is 4.41. The normalized spacial score (nSPS) is 17.6. The van der Waals surface area contributed by atoms with E-state index in [1.807, 2.05) is 30.3 Å². The number of nitrogens with one attached hydrogen (secondary N) is 1. The Hall–Kier alpha value is -3.51. The number of allylic oxidation sites excluding steroid dienone is 2. The van der Waals surface area contributed by atoms with E-state index in [2.05, 4.69) is 21.9 Å². The standard InChI is InChI=1S/C23H21FN4O/c1-3-15-7-8-20(21(24)11-15)17-12-16-9-10-25-23(22(16)26-14-17)27-18-5-4-6-19(13-18)28(2)29/h3-11,13-14,16,29H,1,12H2,2H3,(H,25,27). The van der Waals surface area contributed by atoms with E-state index < -0.39 is 0 Å².